The summed E-state index contributed by atoms with van der Waals surface area (Å²) in [7, 11) is 0. The summed E-state index contributed by atoms with van der Waals surface area (Å²) in [5, 5.41) is 0. The third-order valence-electron chi connectivity index (χ3n) is 5.56. The molecule has 0 bridgehead atoms. The summed E-state index contributed by atoms with van der Waals surface area (Å²) in [5.74, 6) is -0.340. The highest BCUT2D eigenvalue weighted by molar-refractivity contribution is 5.86. The minimum Gasteiger partial charge on any atom is -0.463 e. The molecule has 0 radical (unpaired) electrons. The van der Waals surface area contributed by atoms with Gasteiger partial charge in [0.1, 0.15) is 0 Å². The molecule has 2 aromatic carbocycles. The van der Waals surface area contributed by atoms with Crippen LogP contribution < -0.4 is 0 Å². The van der Waals surface area contributed by atoms with Gasteiger partial charge in [-0.2, -0.15) is 0 Å². The highest BCUT2D eigenvalue weighted by atomic mass is 35.5. The van der Waals surface area contributed by atoms with E-state index in [1.165, 1.54) is 25.7 Å². The van der Waals surface area contributed by atoms with Crippen molar-refractivity contribution in [1.29, 1.82) is 0 Å². The minimum absolute atomic E-state index is 0. The number of carbonyl (C=O) groups is 1. The van der Waals surface area contributed by atoms with Gasteiger partial charge in [-0.3, -0.25) is 0 Å². The number of hydrogen-bond donors (Lipinski definition) is 0. The number of nitrogens with zero attached hydrogens (tertiary/aromatic N) is 1. The largest absolute Gasteiger partial charge is 0.463 e. The number of esters is 1. The summed E-state index contributed by atoms with van der Waals surface area (Å²) in [6.45, 7) is 6.02. The van der Waals surface area contributed by atoms with Crippen LogP contribution in [0.4, 0.5) is 0 Å². The van der Waals surface area contributed by atoms with E-state index in [2.05, 4.69) is 4.90 Å². The highest BCUT2D eigenvalue weighted by Crippen LogP contribution is 2.35. The Morgan fingerprint density at radius 3 is 1.93 bits per heavy atom. The second-order valence-corrected chi connectivity index (χ2v) is 7.59. The summed E-state index contributed by atoms with van der Waals surface area (Å²) in [6.07, 6.45) is 6.05. The maximum absolute atomic E-state index is 13.4. The molecular formula is C25H34ClNO3. The standard InChI is InChI=1S/C25H33NO3.ClH/c1-2-29-25(22-14-7-5-8-15-22,23-16-9-6-10-17-23)24(27)28-21-13-20-26-18-11-3-4-12-19-26;/h5-10,14-17H,2-4,11-13,18-21H2,1H3;1H. The lowest BCUT2D eigenvalue weighted by molar-refractivity contribution is -0.168. The van der Waals surface area contributed by atoms with Crippen LogP contribution in [0.15, 0.2) is 60.7 Å². The van der Waals surface area contributed by atoms with Crippen LogP contribution in [-0.2, 0) is 19.9 Å². The molecule has 4 nitrogen and oxygen atoms in total. The maximum atomic E-state index is 13.4. The third-order valence-corrected chi connectivity index (χ3v) is 5.56. The fraction of sp³-hybridized carbons (Fsp3) is 0.480. The van der Waals surface area contributed by atoms with E-state index < -0.39 is 5.60 Å². The van der Waals surface area contributed by atoms with Crippen molar-refractivity contribution in [3.63, 3.8) is 0 Å². The van der Waals surface area contributed by atoms with Gasteiger partial charge in [0.2, 0.25) is 5.60 Å². The van der Waals surface area contributed by atoms with E-state index in [0.717, 1.165) is 37.2 Å². The van der Waals surface area contributed by atoms with Gasteiger partial charge in [0, 0.05) is 13.2 Å². The molecule has 30 heavy (non-hydrogen) atoms. The van der Waals surface area contributed by atoms with Crippen LogP contribution in [0.3, 0.4) is 0 Å². The van der Waals surface area contributed by atoms with Crippen LogP contribution in [0.1, 0.15) is 50.2 Å². The van der Waals surface area contributed by atoms with Crippen LogP contribution >= 0.6 is 12.4 Å². The first-order chi connectivity index (χ1) is 14.3. The van der Waals surface area contributed by atoms with E-state index in [-0.39, 0.29) is 18.4 Å². The van der Waals surface area contributed by atoms with E-state index in [9.17, 15) is 4.79 Å². The van der Waals surface area contributed by atoms with Crippen LogP contribution in [-0.4, -0.2) is 43.7 Å². The second-order valence-electron chi connectivity index (χ2n) is 7.59. The lowest BCUT2D eigenvalue weighted by Crippen LogP contribution is -2.42. The summed E-state index contributed by atoms with van der Waals surface area (Å²) in [5.41, 5.74) is 0.357. The molecular weight excluding hydrogens is 398 g/mol. The molecule has 3 rings (SSSR count). The van der Waals surface area contributed by atoms with Crippen molar-refractivity contribution in [3.05, 3.63) is 71.8 Å². The molecule has 5 heteroatoms. The first kappa shape index (κ1) is 24.4. The van der Waals surface area contributed by atoms with Crippen molar-refractivity contribution < 1.29 is 14.3 Å². The normalized spacial score (nSPS) is 15.1. The summed E-state index contributed by atoms with van der Waals surface area (Å²) < 4.78 is 11.9. The van der Waals surface area contributed by atoms with Gasteiger partial charge in [0.15, 0.2) is 0 Å². The molecule has 1 saturated heterocycles. The van der Waals surface area contributed by atoms with Crippen molar-refractivity contribution in [2.45, 2.75) is 44.6 Å². The molecule has 164 valence electrons. The summed E-state index contributed by atoms with van der Waals surface area (Å²) in [6, 6.07) is 19.3. The van der Waals surface area contributed by atoms with Crippen molar-refractivity contribution in [2.75, 3.05) is 32.8 Å². The van der Waals surface area contributed by atoms with E-state index >= 15 is 0 Å². The fourth-order valence-electron chi connectivity index (χ4n) is 4.10. The van der Waals surface area contributed by atoms with E-state index in [4.69, 9.17) is 9.47 Å². The molecule has 1 heterocycles. The number of benzene rings is 2. The van der Waals surface area contributed by atoms with Crippen molar-refractivity contribution in [3.8, 4) is 0 Å². The molecule has 0 atom stereocenters. The predicted octanol–water partition coefficient (Wildman–Crippen LogP) is 5.20. The smallest absolute Gasteiger partial charge is 0.347 e. The number of hydrogen-bond acceptors (Lipinski definition) is 4. The van der Waals surface area contributed by atoms with E-state index in [1.54, 1.807) is 0 Å². The fourth-order valence-corrected chi connectivity index (χ4v) is 4.10. The van der Waals surface area contributed by atoms with Crippen molar-refractivity contribution in [1.82, 2.24) is 4.90 Å². The average Bonchev–Trinajstić information content (AvgIpc) is 3.05. The maximum Gasteiger partial charge on any atom is 0.347 e. The van der Waals surface area contributed by atoms with Crippen LogP contribution in [0.25, 0.3) is 0 Å². The predicted molar refractivity (Wildman–Crippen MR) is 123 cm³/mol. The molecule has 2 aromatic rings. The Bertz CT molecular complexity index is 691. The summed E-state index contributed by atoms with van der Waals surface area (Å²) >= 11 is 0. The molecule has 1 fully saturated rings. The monoisotopic (exact) mass is 431 g/mol. The van der Waals surface area contributed by atoms with Crippen LogP contribution in [0, 0.1) is 0 Å². The molecule has 0 aliphatic carbocycles. The first-order valence-electron chi connectivity index (χ1n) is 10.9. The Morgan fingerprint density at radius 2 is 1.43 bits per heavy atom. The van der Waals surface area contributed by atoms with Crippen molar-refractivity contribution >= 4 is 18.4 Å². The molecule has 0 N–H and O–H groups in total. The SMILES string of the molecule is CCOC(C(=O)OCCCN1CCCCCC1)(c1ccccc1)c1ccccc1.Cl. The Balaban J connectivity index is 0.00000320. The summed E-state index contributed by atoms with van der Waals surface area (Å²) in [4.78, 5) is 15.9. The average molecular weight is 432 g/mol. The van der Waals surface area contributed by atoms with Crippen LogP contribution in [0.2, 0.25) is 0 Å². The highest BCUT2D eigenvalue weighted by Gasteiger charge is 2.44. The number of likely N-dealkylation sites (tertiary alicyclic amines) is 1. The molecule has 1 aliphatic rings. The number of rotatable bonds is 9. The van der Waals surface area contributed by atoms with Gasteiger partial charge >= 0.3 is 5.97 Å². The Labute approximate surface area is 187 Å². The number of halogens is 1. The lowest BCUT2D eigenvalue weighted by Gasteiger charge is -2.32. The molecule has 1 aliphatic heterocycles. The minimum atomic E-state index is -1.24. The Hall–Kier alpha value is -1.88. The van der Waals surface area contributed by atoms with Gasteiger partial charge in [-0.25, -0.2) is 4.79 Å². The molecule has 0 spiro atoms. The van der Waals surface area contributed by atoms with Crippen LogP contribution in [0.5, 0.6) is 0 Å². The number of carbonyl (C=O) groups excluding carboxylic acids is 1. The zero-order chi connectivity index (χ0) is 20.4. The Morgan fingerprint density at radius 1 is 0.900 bits per heavy atom. The van der Waals surface area contributed by atoms with Gasteiger partial charge in [-0.1, -0.05) is 73.5 Å². The number of ether oxygens (including phenoxy) is 2. The zero-order valence-electron chi connectivity index (χ0n) is 17.9. The molecule has 0 amide bonds. The van der Waals surface area contributed by atoms with Gasteiger partial charge in [0.05, 0.1) is 6.61 Å². The first-order valence-corrected chi connectivity index (χ1v) is 10.9. The van der Waals surface area contributed by atoms with E-state index in [1.807, 2.05) is 67.6 Å². The zero-order valence-corrected chi connectivity index (χ0v) is 18.7. The van der Waals surface area contributed by atoms with Gasteiger partial charge in [0.25, 0.3) is 0 Å². The van der Waals surface area contributed by atoms with Gasteiger partial charge in [-0.15, -0.1) is 12.4 Å². The third kappa shape index (κ3) is 6.07. The Kier molecular flexibility index (Phi) is 10.4. The molecule has 0 unspecified atom stereocenters. The molecule has 0 aromatic heterocycles. The lowest BCUT2D eigenvalue weighted by atomic mass is 9.86. The van der Waals surface area contributed by atoms with Gasteiger partial charge in [-0.05, 0) is 50.4 Å². The van der Waals surface area contributed by atoms with Gasteiger partial charge < -0.3 is 14.4 Å². The van der Waals surface area contributed by atoms with Crippen molar-refractivity contribution in [2.24, 2.45) is 0 Å². The quantitative estimate of drug-likeness (QED) is 0.404. The molecule has 0 saturated carbocycles. The topological polar surface area (TPSA) is 38.8 Å². The second kappa shape index (κ2) is 12.7. The van der Waals surface area contributed by atoms with E-state index in [0.29, 0.717) is 13.2 Å².